The molecule has 0 fully saturated rings. The summed E-state index contributed by atoms with van der Waals surface area (Å²) in [6.45, 7) is 5.26. The monoisotopic (exact) mass is 468 g/mol. The van der Waals surface area contributed by atoms with E-state index in [9.17, 15) is 13.2 Å². The number of aryl methyl sites for hydroxylation is 1. The number of hydrogen-bond donors (Lipinski definition) is 1. The lowest BCUT2D eigenvalue weighted by molar-refractivity contribution is -0.121. The first kappa shape index (κ1) is 22.4. The Bertz CT molecular complexity index is 947. The molecular formula is C20H25BrN2O4S. The molecular weight excluding hydrogens is 444 g/mol. The Balaban J connectivity index is 2.18. The van der Waals surface area contributed by atoms with Crippen LogP contribution in [-0.2, 0) is 14.8 Å². The molecule has 152 valence electrons. The number of nitrogens with one attached hydrogen (secondary N) is 1. The third-order valence-electron chi connectivity index (χ3n) is 4.34. The fraction of sp³-hybridized carbons (Fsp3) is 0.350. The molecule has 6 nitrogen and oxygen atoms in total. The molecule has 0 spiro atoms. The van der Waals surface area contributed by atoms with Crippen LogP contribution < -0.4 is 10.1 Å². The largest absolute Gasteiger partial charge is 0.495 e. The number of amides is 1. The van der Waals surface area contributed by atoms with Crippen LogP contribution in [0.3, 0.4) is 0 Å². The minimum absolute atomic E-state index is 0.0599. The molecule has 0 saturated carbocycles. The predicted molar refractivity (Wildman–Crippen MR) is 113 cm³/mol. The van der Waals surface area contributed by atoms with Crippen LogP contribution >= 0.6 is 15.9 Å². The number of halogens is 1. The number of carbonyl (C=O) groups is 1. The lowest BCUT2D eigenvalue weighted by Gasteiger charge is -2.23. The number of sulfonamides is 1. The zero-order chi connectivity index (χ0) is 20.9. The highest BCUT2D eigenvalue weighted by molar-refractivity contribution is 9.10. The maximum atomic E-state index is 13.1. The van der Waals surface area contributed by atoms with Crippen LogP contribution in [0.1, 0.15) is 31.0 Å². The third kappa shape index (κ3) is 5.33. The van der Waals surface area contributed by atoms with Crippen molar-refractivity contribution in [1.82, 2.24) is 9.62 Å². The van der Waals surface area contributed by atoms with Gasteiger partial charge in [-0.3, -0.25) is 4.79 Å². The van der Waals surface area contributed by atoms with Gasteiger partial charge >= 0.3 is 0 Å². The van der Waals surface area contributed by atoms with Crippen LogP contribution in [0.4, 0.5) is 0 Å². The second kappa shape index (κ2) is 9.54. The summed E-state index contributed by atoms with van der Waals surface area (Å²) in [6, 6.07) is 12.3. The molecule has 2 aromatic carbocycles. The van der Waals surface area contributed by atoms with Gasteiger partial charge in [-0.05, 0) is 49.2 Å². The van der Waals surface area contributed by atoms with E-state index in [1.807, 2.05) is 31.2 Å². The molecule has 28 heavy (non-hydrogen) atoms. The van der Waals surface area contributed by atoms with Crippen molar-refractivity contribution in [3.63, 3.8) is 0 Å². The van der Waals surface area contributed by atoms with E-state index >= 15 is 0 Å². The molecule has 0 aliphatic carbocycles. The SMILES string of the molecule is CCN(CC(=O)N[C@H](C)c1cccc(Br)c1)S(=O)(=O)c1cc(C)ccc1OC. The van der Waals surface area contributed by atoms with Gasteiger partial charge in [0.25, 0.3) is 0 Å². The van der Waals surface area contributed by atoms with Crippen molar-refractivity contribution in [2.75, 3.05) is 20.2 Å². The van der Waals surface area contributed by atoms with Crippen LogP contribution in [0, 0.1) is 6.92 Å². The molecule has 0 aromatic heterocycles. The third-order valence-corrected chi connectivity index (χ3v) is 6.77. The molecule has 0 aliphatic rings. The Kier molecular flexibility index (Phi) is 7.63. The Morgan fingerprint density at radius 2 is 1.96 bits per heavy atom. The van der Waals surface area contributed by atoms with Crippen molar-refractivity contribution < 1.29 is 17.9 Å². The first-order chi connectivity index (χ1) is 13.2. The molecule has 1 atom stereocenters. The topological polar surface area (TPSA) is 75.7 Å². The summed E-state index contributed by atoms with van der Waals surface area (Å²) in [5.41, 5.74) is 1.72. The zero-order valence-corrected chi connectivity index (χ0v) is 18.8. The fourth-order valence-corrected chi connectivity index (χ4v) is 4.86. The lowest BCUT2D eigenvalue weighted by Crippen LogP contribution is -2.41. The van der Waals surface area contributed by atoms with E-state index in [4.69, 9.17) is 4.74 Å². The van der Waals surface area contributed by atoms with Crippen LogP contribution in [0.15, 0.2) is 51.8 Å². The van der Waals surface area contributed by atoms with E-state index in [0.717, 1.165) is 19.9 Å². The second-order valence-corrected chi connectivity index (χ2v) is 9.25. The van der Waals surface area contributed by atoms with Crippen LogP contribution in [-0.4, -0.2) is 38.8 Å². The van der Waals surface area contributed by atoms with Gasteiger partial charge in [-0.25, -0.2) is 8.42 Å². The van der Waals surface area contributed by atoms with Crippen molar-refractivity contribution in [2.45, 2.75) is 31.7 Å². The van der Waals surface area contributed by atoms with E-state index in [1.165, 1.54) is 7.11 Å². The number of nitrogens with zero attached hydrogens (tertiary/aromatic N) is 1. The van der Waals surface area contributed by atoms with Crippen molar-refractivity contribution in [2.24, 2.45) is 0 Å². The smallest absolute Gasteiger partial charge is 0.247 e. The normalized spacial score (nSPS) is 12.6. The maximum absolute atomic E-state index is 13.1. The van der Waals surface area contributed by atoms with Crippen LogP contribution in [0.25, 0.3) is 0 Å². The summed E-state index contributed by atoms with van der Waals surface area (Å²) in [6.07, 6.45) is 0. The number of benzene rings is 2. The molecule has 2 aromatic rings. The molecule has 0 radical (unpaired) electrons. The van der Waals surface area contributed by atoms with Gasteiger partial charge < -0.3 is 10.1 Å². The van der Waals surface area contributed by atoms with Crippen molar-refractivity contribution in [3.05, 3.63) is 58.1 Å². The minimum atomic E-state index is -3.88. The van der Waals surface area contributed by atoms with Gasteiger partial charge in [0.05, 0.1) is 19.7 Å². The number of hydrogen-bond acceptors (Lipinski definition) is 4. The Morgan fingerprint density at radius 3 is 2.57 bits per heavy atom. The summed E-state index contributed by atoms with van der Waals surface area (Å²) in [7, 11) is -2.46. The summed E-state index contributed by atoms with van der Waals surface area (Å²) < 4.78 is 33.4. The molecule has 0 unspecified atom stereocenters. The highest BCUT2D eigenvalue weighted by Gasteiger charge is 2.28. The van der Waals surface area contributed by atoms with E-state index in [1.54, 1.807) is 32.0 Å². The van der Waals surface area contributed by atoms with Gasteiger partial charge in [-0.2, -0.15) is 4.31 Å². The van der Waals surface area contributed by atoms with E-state index in [2.05, 4.69) is 21.2 Å². The number of carbonyl (C=O) groups excluding carboxylic acids is 1. The van der Waals surface area contributed by atoms with Gasteiger partial charge in [0.2, 0.25) is 15.9 Å². The van der Waals surface area contributed by atoms with Crippen molar-refractivity contribution >= 4 is 31.9 Å². The molecule has 0 bridgehead atoms. The quantitative estimate of drug-likeness (QED) is 0.641. The summed E-state index contributed by atoms with van der Waals surface area (Å²) in [5.74, 6) is -0.114. The number of likely N-dealkylation sites (N-methyl/N-ethyl adjacent to an activating group) is 1. The molecule has 0 aliphatic heterocycles. The van der Waals surface area contributed by atoms with Gasteiger partial charge in [0.15, 0.2) is 0 Å². The summed E-state index contributed by atoms with van der Waals surface area (Å²) in [4.78, 5) is 12.6. The molecule has 1 N–H and O–H groups in total. The standard InChI is InChI=1S/C20H25BrN2O4S/c1-5-23(28(25,26)19-11-14(2)9-10-18(19)27-4)13-20(24)22-15(3)16-7-6-8-17(21)12-16/h6-12,15H,5,13H2,1-4H3,(H,22,24)/t15-/m1/s1. The average Bonchev–Trinajstić information content (AvgIpc) is 2.65. The molecule has 8 heteroatoms. The number of ether oxygens (including phenoxy) is 1. The maximum Gasteiger partial charge on any atom is 0.247 e. The first-order valence-corrected chi connectivity index (χ1v) is 11.1. The molecule has 0 saturated heterocycles. The van der Waals surface area contributed by atoms with Crippen molar-refractivity contribution in [1.29, 1.82) is 0 Å². The predicted octanol–water partition coefficient (Wildman–Crippen LogP) is 3.65. The Morgan fingerprint density at radius 1 is 1.25 bits per heavy atom. The average molecular weight is 469 g/mol. The lowest BCUT2D eigenvalue weighted by atomic mass is 10.1. The van der Waals surface area contributed by atoms with Gasteiger partial charge in [0, 0.05) is 11.0 Å². The summed E-state index contributed by atoms with van der Waals surface area (Å²) >= 11 is 3.41. The van der Waals surface area contributed by atoms with E-state index in [0.29, 0.717) is 0 Å². The highest BCUT2D eigenvalue weighted by Crippen LogP contribution is 2.27. The van der Waals surface area contributed by atoms with Gasteiger partial charge in [0.1, 0.15) is 10.6 Å². The Labute approximate surface area is 175 Å². The molecule has 2 rings (SSSR count). The zero-order valence-electron chi connectivity index (χ0n) is 16.4. The fourth-order valence-electron chi connectivity index (χ4n) is 2.80. The number of rotatable bonds is 8. The highest BCUT2D eigenvalue weighted by atomic mass is 79.9. The van der Waals surface area contributed by atoms with Crippen molar-refractivity contribution in [3.8, 4) is 5.75 Å². The van der Waals surface area contributed by atoms with Crippen LogP contribution in [0.5, 0.6) is 5.75 Å². The minimum Gasteiger partial charge on any atom is -0.495 e. The first-order valence-electron chi connectivity index (χ1n) is 8.88. The van der Waals surface area contributed by atoms with Gasteiger partial charge in [-0.15, -0.1) is 0 Å². The number of methoxy groups -OCH3 is 1. The summed E-state index contributed by atoms with van der Waals surface area (Å²) in [5, 5.41) is 2.85. The van der Waals surface area contributed by atoms with Crippen LogP contribution in [0.2, 0.25) is 0 Å². The molecule has 0 heterocycles. The van der Waals surface area contributed by atoms with Gasteiger partial charge in [-0.1, -0.05) is 41.1 Å². The van der Waals surface area contributed by atoms with E-state index in [-0.39, 0.29) is 35.7 Å². The Hall–Kier alpha value is -1.90. The van der Waals surface area contributed by atoms with E-state index < -0.39 is 10.0 Å². The molecule has 1 amide bonds. The second-order valence-electron chi connectivity index (χ2n) is 6.43.